The number of hydrogen-bond donors (Lipinski definition) is 1. The van der Waals surface area contributed by atoms with Gasteiger partial charge in [0, 0.05) is 20.8 Å². The molecule has 12 heteroatoms. The zero-order chi connectivity index (χ0) is 26.7. The number of benzene rings is 2. The van der Waals surface area contributed by atoms with Crippen LogP contribution in [0.5, 0.6) is 17.2 Å². The first kappa shape index (κ1) is 26.2. The molecule has 0 spiro atoms. The van der Waals surface area contributed by atoms with Gasteiger partial charge in [0.2, 0.25) is 5.75 Å². The van der Waals surface area contributed by atoms with Gasteiger partial charge in [0.1, 0.15) is 5.00 Å². The number of aromatic nitrogens is 2. The number of carbonyl (C=O) groups excluding carboxylic acids is 2. The molecule has 2 aromatic carbocycles. The number of nitrogens with zero attached hydrogens (tertiary/aromatic N) is 2. The summed E-state index contributed by atoms with van der Waals surface area (Å²) in [5, 5.41) is 9.32. The summed E-state index contributed by atoms with van der Waals surface area (Å²) < 4.78 is 23.1. The summed E-state index contributed by atoms with van der Waals surface area (Å²) in [6, 6.07) is 9.85. The molecule has 0 fully saturated rings. The van der Waals surface area contributed by atoms with Crippen LogP contribution >= 0.6 is 27.3 Å². The van der Waals surface area contributed by atoms with Crippen LogP contribution in [-0.2, 0) is 4.74 Å². The molecule has 2 heterocycles. The van der Waals surface area contributed by atoms with E-state index in [4.69, 9.17) is 18.9 Å². The molecule has 1 amide bonds. The van der Waals surface area contributed by atoms with Gasteiger partial charge in [-0.05, 0) is 43.3 Å². The Labute approximate surface area is 223 Å². The van der Waals surface area contributed by atoms with Crippen LogP contribution in [0.25, 0.3) is 16.5 Å². The molecule has 0 radical (unpaired) electrons. The van der Waals surface area contributed by atoms with Crippen molar-refractivity contribution in [2.45, 2.75) is 6.92 Å². The Bertz CT molecular complexity index is 1520. The largest absolute Gasteiger partial charge is 0.493 e. The summed E-state index contributed by atoms with van der Waals surface area (Å²) in [4.78, 5) is 39.5. The number of esters is 1. The standard InChI is InChI=1S/C25H22BrN3O7S/c1-5-36-25(32)20-16-12-37-23(19(16)24(31)29(28-20)15-8-6-14(26)7-9-15)27-22(30)13-10-17(33-2)21(35-4)18(11-13)34-3/h6-12H,5H2,1-4H3,(H,27,30). The molecule has 0 saturated heterocycles. The number of methoxy groups -OCH3 is 3. The van der Waals surface area contributed by atoms with Crippen molar-refractivity contribution in [3.63, 3.8) is 0 Å². The number of rotatable bonds is 8. The second-order valence-corrected chi connectivity index (χ2v) is 9.28. The smallest absolute Gasteiger partial charge is 0.359 e. The Morgan fingerprint density at radius 2 is 1.70 bits per heavy atom. The number of ether oxygens (including phenoxy) is 4. The fraction of sp³-hybridized carbons (Fsp3) is 0.200. The van der Waals surface area contributed by atoms with E-state index in [1.165, 1.54) is 33.5 Å². The number of hydrogen-bond acceptors (Lipinski definition) is 9. The maximum atomic E-state index is 13.6. The Kier molecular flexibility index (Phi) is 7.79. The zero-order valence-corrected chi connectivity index (χ0v) is 22.7. The molecule has 0 atom stereocenters. The third kappa shape index (κ3) is 5.02. The van der Waals surface area contributed by atoms with Crippen LogP contribution < -0.4 is 25.1 Å². The van der Waals surface area contributed by atoms with Crippen molar-refractivity contribution in [2.75, 3.05) is 33.3 Å². The van der Waals surface area contributed by atoms with Gasteiger partial charge in [-0.1, -0.05) is 15.9 Å². The van der Waals surface area contributed by atoms with Crippen molar-refractivity contribution in [2.24, 2.45) is 0 Å². The van der Waals surface area contributed by atoms with Crippen LogP contribution in [0, 0.1) is 0 Å². The zero-order valence-electron chi connectivity index (χ0n) is 20.3. The van der Waals surface area contributed by atoms with Crippen molar-refractivity contribution in [3.8, 4) is 22.9 Å². The summed E-state index contributed by atoms with van der Waals surface area (Å²) >= 11 is 4.46. The molecule has 0 aliphatic rings. The van der Waals surface area contributed by atoms with E-state index in [0.717, 1.165) is 20.5 Å². The molecular weight excluding hydrogens is 566 g/mol. The quantitative estimate of drug-likeness (QED) is 0.296. The monoisotopic (exact) mass is 587 g/mol. The lowest BCUT2D eigenvalue weighted by Crippen LogP contribution is -2.25. The maximum Gasteiger partial charge on any atom is 0.359 e. The number of carbonyl (C=O) groups is 2. The predicted octanol–water partition coefficient (Wildman–Crippen LogP) is 4.66. The number of amides is 1. The molecule has 0 bridgehead atoms. The van der Waals surface area contributed by atoms with Gasteiger partial charge in [-0.15, -0.1) is 11.3 Å². The maximum absolute atomic E-state index is 13.6. The van der Waals surface area contributed by atoms with Gasteiger partial charge in [0.25, 0.3) is 11.5 Å². The van der Waals surface area contributed by atoms with E-state index in [1.807, 2.05) is 0 Å². The summed E-state index contributed by atoms with van der Waals surface area (Å²) in [5.74, 6) is -0.264. The summed E-state index contributed by atoms with van der Waals surface area (Å²) in [7, 11) is 4.35. The van der Waals surface area contributed by atoms with E-state index in [1.54, 1.807) is 36.6 Å². The number of fused-ring (bicyclic) bond motifs is 1. The van der Waals surface area contributed by atoms with Gasteiger partial charge in [0.05, 0.1) is 39.0 Å². The second kappa shape index (κ2) is 11.0. The van der Waals surface area contributed by atoms with Gasteiger partial charge < -0.3 is 24.3 Å². The molecule has 10 nitrogen and oxygen atoms in total. The Morgan fingerprint density at radius 1 is 1.05 bits per heavy atom. The molecule has 2 aromatic heterocycles. The van der Waals surface area contributed by atoms with E-state index in [2.05, 4.69) is 26.3 Å². The van der Waals surface area contributed by atoms with Crippen LogP contribution in [0.2, 0.25) is 0 Å². The number of anilines is 1. The fourth-order valence-corrected chi connectivity index (χ4v) is 4.83. The molecule has 0 saturated carbocycles. The molecule has 0 aliphatic heterocycles. The highest BCUT2D eigenvalue weighted by Crippen LogP contribution is 2.39. The average molecular weight is 588 g/mol. The van der Waals surface area contributed by atoms with Crippen molar-refractivity contribution >= 4 is 54.9 Å². The molecular formula is C25H22BrN3O7S. The van der Waals surface area contributed by atoms with Crippen molar-refractivity contribution in [1.29, 1.82) is 0 Å². The summed E-state index contributed by atoms with van der Waals surface area (Å²) in [6.45, 7) is 1.81. The van der Waals surface area contributed by atoms with E-state index in [9.17, 15) is 14.4 Å². The lowest BCUT2D eigenvalue weighted by atomic mass is 10.1. The van der Waals surface area contributed by atoms with Crippen LogP contribution in [0.15, 0.2) is 51.0 Å². The minimum Gasteiger partial charge on any atom is -0.493 e. The Morgan fingerprint density at radius 3 is 2.27 bits per heavy atom. The first-order valence-electron chi connectivity index (χ1n) is 10.9. The van der Waals surface area contributed by atoms with E-state index < -0.39 is 17.4 Å². The molecule has 4 aromatic rings. The van der Waals surface area contributed by atoms with Crippen LogP contribution in [0.4, 0.5) is 5.00 Å². The van der Waals surface area contributed by atoms with Gasteiger partial charge >= 0.3 is 5.97 Å². The summed E-state index contributed by atoms with van der Waals surface area (Å²) in [5.41, 5.74) is 0.105. The molecule has 0 aliphatic carbocycles. The van der Waals surface area contributed by atoms with Crippen LogP contribution in [0.1, 0.15) is 27.8 Å². The van der Waals surface area contributed by atoms with E-state index >= 15 is 0 Å². The highest BCUT2D eigenvalue weighted by Gasteiger charge is 2.24. The first-order valence-corrected chi connectivity index (χ1v) is 12.6. The first-order chi connectivity index (χ1) is 17.8. The van der Waals surface area contributed by atoms with Crippen molar-refractivity contribution in [1.82, 2.24) is 9.78 Å². The normalized spacial score (nSPS) is 10.7. The van der Waals surface area contributed by atoms with Crippen molar-refractivity contribution < 1.29 is 28.5 Å². The predicted molar refractivity (Wildman–Crippen MR) is 143 cm³/mol. The second-order valence-electron chi connectivity index (χ2n) is 7.48. The highest BCUT2D eigenvalue weighted by atomic mass is 79.9. The summed E-state index contributed by atoms with van der Waals surface area (Å²) in [6.07, 6.45) is 0. The lowest BCUT2D eigenvalue weighted by Gasteiger charge is -2.14. The Hall–Kier alpha value is -3.90. The fourth-order valence-electron chi connectivity index (χ4n) is 3.64. The lowest BCUT2D eigenvalue weighted by molar-refractivity contribution is 0.0520. The molecule has 192 valence electrons. The minimum atomic E-state index is -0.682. The third-order valence-electron chi connectivity index (χ3n) is 5.35. The van der Waals surface area contributed by atoms with Crippen LogP contribution in [-0.4, -0.2) is 49.6 Å². The molecule has 37 heavy (non-hydrogen) atoms. The van der Waals surface area contributed by atoms with Gasteiger partial charge in [-0.3, -0.25) is 9.59 Å². The number of nitrogens with one attached hydrogen (secondary N) is 1. The minimum absolute atomic E-state index is 0.0381. The number of thiophene rings is 1. The SMILES string of the molecule is CCOC(=O)c1nn(-c2ccc(Br)cc2)c(=O)c2c(NC(=O)c3cc(OC)c(OC)c(OC)c3)scc12. The van der Waals surface area contributed by atoms with Crippen LogP contribution in [0.3, 0.4) is 0 Å². The van der Waals surface area contributed by atoms with Gasteiger partial charge in [-0.2, -0.15) is 9.78 Å². The van der Waals surface area contributed by atoms with Gasteiger partial charge in [0.15, 0.2) is 17.2 Å². The van der Waals surface area contributed by atoms with E-state index in [-0.39, 0.29) is 33.6 Å². The topological polar surface area (TPSA) is 118 Å². The van der Waals surface area contributed by atoms with E-state index in [0.29, 0.717) is 22.9 Å². The van der Waals surface area contributed by atoms with Crippen molar-refractivity contribution in [3.05, 3.63) is 67.9 Å². The van der Waals surface area contributed by atoms with Gasteiger partial charge in [-0.25, -0.2) is 4.79 Å². The highest BCUT2D eigenvalue weighted by molar-refractivity contribution is 9.10. The molecule has 4 rings (SSSR count). The third-order valence-corrected chi connectivity index (χ3v) is 6.77. The molecule has 1 N–H and O–H groups in total. The number of halogens is 1. The Balaban J connectivity index is 1.85. The molecule has 0 unspecified atom stereocenters. The average Bonchev–Trinajstić information content (AvgIpc) is 3.32.